The van der Waals surface area contributed by atoms with Crippen LogP contribution in [0.1, 0.15) is 10.4 Å². The average Bonchev–Trinajstić information content (AvgIpc) is 2.23. The summed E-state index contributed by atoms with van der Waals surface area (Å²) in [5, 5.41) is 6.25. The predicted molar refractivity (Wildman–Crippen MR) is 63.9 cm³/mol. The number of rotatable bonds is 3. The van der Waals surface area contributed by atoms with Gasteiger partial charge in [-0.3, -0.25) is 4.79 Å². The third-order valence-electron chi connectivity index (χ3n) is 2.02. The standard InChI is InChI=1S/C9H7BrF4N2O3S/c10-5-2-6(11)4(1-7(5)20(15,18)19)8(17)16-3-9(12,13)14/h1-2H,3H2,(H,16,17)(H2,15,18,19). The summed E-state index contributed by atoms with van der Waals surface area (Å²) in [6.45, 7) is -1.67. The van der Waals surface area contributed by atoms with Crippen LogP contribution in [0.25, 0.3) is 0 Å². The molecule has 0 aliphatic heterocycles. The van der Waals surface area contributed by atoms with E-state index in [0.29, 0.717) is 12.1 Å². The van der Waals surface area contributed by atoms with Crippen LogP contribution in [0, 0.1) is 5.82 Å². The number of halogens is 5. The van der Waals surface area contributed by atoms with Gasteiger partial charge in [0.1, 0.15) is 12.4 Å². The van der Waals surface area contributed by atoms with E-state index in [1.807, 2.05) is 0 Å². The number of hydrogen-bond donors (Lipinski definition) is 2. The van der Waals surface area contributed by atoms with Gasteiger partial charge in [0.15, 0.2) is 0 Å². The topological polar surface area (TPSA) is 89.3 Å². The van der Waals surface area contributed by atoms with E-state index in [1.165, 1.54) is 5.32 Å². The van der Waals surface area contributed by atoms with E-state index >= 15 is 0 Å². The van der Waals surface area contributed by atoms with E-state index in [4.69, 9.17) is 5.14 Å². The molecule has 0 radical (unpaired) electrons. The average molecular weight is 379 g/mol. The zero-order valence-electron chi connectivity index (χ0n) is 9.46. The molecule has 0 spiro atoms. The Morgan fingerprint density at radius 3 is 2.35 bits per heavy atom. The molecule has 0 saturated carbocycles. The molecule has 1 rings (SSSR count). The minimum atomic E-state index is -4.68. The predicted octanol–water partition coefficient (Wildman–Crippen LogP) is 1.53. The van der Waals surface area contributed by atoms with Crippen LogP contribution in [0.3, 0.4) is 0 Å². The molecule has 0 unspecified atom stereocenters. The van der Waals surface area contributed by atoms with Gasteiger partial charge in [0, 0.05) is 4.47 Å². The van der Waals surface area contributed by atoms with Crippen molar-refractivity contribution in [1.29, 1.82) is 0 Å². The Labute approximate surface area is 119 Å². The molecular weight excluding hydrogens is 372 g/mol. The van der Waals surface area contributed by atoms with Crippen molar-refractivity contribution in [1.82, 2.24) is 5.32 Å². The van der Waals surface area contributed by atoms with E-state index in [1.54, 1.807) is 0 Å². The van der Waals surface area contributed by atoms with Crippen molar-refractivity contribution in [3.63, 3.8) is 0 Å². The van der Waals surface area contributed by atoms with Crippen LogP contribution in [0.15, 0.2) is 21.5 Å². The monoisotopic (exact) mass is 378 g/mol. The van der Waals surface area contributed by atoms with Crippen molar-refractivity contribution < 1.29 is 30.8 Å². The Morgan fingerprint density at radius 2 is 1.90 bits per heavy atom. The summed E-state index contributed by atoms with van der Waals surface area (Å²) in [7, 11) is -4.27. The number of nitrogens with two attached hydrogens (primary N) is 1. The summed E-state index contributed by atoms with van der Waals surface area (Å²) in [6, 6.07) is 1.18. The van der Waals surface area contributed by atoms with Gasteiger partial charge in [0.2, 0.25) is 10.0 Å². The van der Waals surface area contributed by atoms with Gasteiger partial charge in [-0.05, 0) is 28.1 Å². The van der Waals surface area contributed by atoms with Crippen LogP contribution in [0.2, 0.25) is 0 Å². The molecule has 3 N–H and O–H groups in total. The maximum atomic E-state index is 13.5. The van der Waals surface area contributed by atoms with Gasteiger partial charge in [-0.15, -0.1) is 0 Å². The Hall–Kier alpha value is -1.20. The highest BCUT2D eigenvalue weighted by atomic mass is 79.9. The van der Waals surface area contributed by atoms with Crippen LogP contribution >= 0.6 is 15.9 Å². The molecule has 0 aliphatic rings. The Balaban J connectivity index is 3.16. The second-order valence-corrected chi connectivity index (χ2v) is 5.99. The molecule has 0 aliphatic carbocycles. The summed E-state index contributed by atoms with van der Waals surface area (Å²) in [4.78, 5) is 10.8. The molecule has 0 atom stereocenters. The first-order valence-electron chi connectivity index (χ1n) is 4.78. The molecule has 0 saturated heterocycles. The highest BCUT2D eigenvalue weighted by molar-refractivity contribution is 9.10. The van der Waals surface area contributed by atoms with Crippen molar-refractivity contribution in [3.8, 4) is 0 Å². The molecular formula is C9H7BrF4N2O3S. The number of sulfonamides is 1. The molecule has 0 aromatic heterocycles. The van der Waals surface area contributed by atoms with Crippen molar-refractivity contribution in [2.24, 2.45) is 5.14 Å². The summed E-state index contributed by atoms with van der Waals surface area (Å²) < 4.78 is 71.4. The molecule has 20 heavy (non-hydrogen) atoms. The Bertz CT molecular complexity index is 645. The number of carbonyl (C=O) groups excluding carboxylic acids is 1. The van der Waals surface area contributed by atoms with E-state index in [2.05, 4.69) is 15.9 Å². The van der Waals surface area contributed by atoms with Gasteiger partial charge in [0.25, 0.3) is 5.91 Å². The second-order valence-electron chi connectivity index (χ2n) is 3.61. The highest BCUT2D eigenvalue weighted by Crippen LogP contribution is 2.24. The molecule has 11 heteroatoms. The lowest BCUT2D eigenvalue weighted by Crippen LogP contribution is -2.34. The fourth-order valence-corrected chi connectivity index (χ4v) is 2.80. The zero-order valence-corrected chi connectivity index (χ0v) is 11.9. The van der Waals surface area contributed by atoms with Gasteiger partial charge in [-0.2, -0.15) is 13.2 Å². The molecule has 1 aromatic carbocycles. The van der Waals surface area contributed by atoms with Crippen molar-refractivity contribution >= 4 is 31.9 Å². The fraction of sp³-hybridized carbons (Fsp3) is 0.222. The number of hydrogen-bond acceptors (Lipinski definition) is 3. The van der Waals surface area contributed by atoms with Crippen LogP contribution in [-0.4, -0.2) is 27.0 Å². The first kappa shape index (κ1) is 16.9. The van der Waals surface area contributed by atoms with Crippen molar-refractivity contribution in [3.05, 3.63) is 28.0 Å². The third kappa shape index (κ3) is 4.42. The normalized spacial score (nSPS) is 12.3. The fourth-order valence-electron chi connectivity index (χ4n) is 1.20. The van der Waals surface area contributed by atoms with Crippen molar-refractivity contribution in [2.45, 2.75) is 11.1 Å². The van der Waals surface area contributed by atoms with E-state index in [0.717, 1.165) is 0 Å². The SMILES string of the molecule is NS(=O)(=O)c1cc(C(=O)NCC(F)(F)F)c(F)cc1Br. The zero-order chi connectivity index (χ0) is 15.7. The first-order chi connectivity index (χ1) is 8.92. The highest BCUT2D eigenvalue weighted by Gasteiger charge is 2.29. The number of carbonyl (C=O) groups is 1. The first-order valence-corrected chi connectivity index (χ1v) is 7.12. The van der Waals surface area contributed by atoms with Gasteiger partial charge in [0.05, 0.1) is 10.5 Å². The molecule has 5 nitrogen and oxygen atoms in total. The Kier molecular flexibility index (Phi) is 4.77. The lowest BCUT2D eigenvalue weighted by Gasteiger charge is -2.10. The van der Waals surface area contributed by atoms with Crippen LogP contribution in [-0.2, 0) is 10.0 Å². The molecule has 112 valence electrons. The molecule has 0 bridgehead atoms. The summed E-state index contributed by atoms with van der Waals surface area (Å²) >= 11 is 2.73. The van der Waals surface area contributed by atoms with E-state index < -0.39 is 44.9 Å². The summed E-state index contributed by atoms with van der Waals surface area (Å²) in [5.74, 6) is -2.60. The van der Waals surface area contributed by atoms with Crippen molar-refractivity contribution in [2.75, 3.05) is 6.54 Å². The molecule has 1 amide bonds. The molecule has 0 fully saturated rings. The van der Waals surface area contributed by atoms with E-state index in [-0.39, 0.29) is 4.47 Å². The summed E-state index contributed by atoms with van der Waals surface area (Å²) in [6.07, 6.45) is -4.68. The number of nitrogens with one attached hydrogen (secondary N) is 1. The maximum Gasteiger partial charge on any atom is 0.405 e. The summed E-state index contributed by atoms with van der Waals surface area (Å²) in [5.41, 5.74) is -0.860. The third-order valence-corrected chi connectivity index (χ3v) is 3.89. The number of alkyl halides is 3. The molecule has 1 aromatic rings. The van der Waals surface area contributed by atoms with Gasteiger partial charge < -0.3 is 5.32 Å². The lowest BCUT2D eigenvalue weighted by atomic mass is 10.2. The minimum absolute atomic E-state index is 0.245. The molecule has 0 heterocycles. The number of benzene rings is 1. The van der Waals surface area contributed by atoms with Gasteiger partial charge in [-0.1, -0.05) is 0 Å². The van der Waals surface area contributed by atoms with Crippen LogP contribution in [0.4, 0.5) is 17.6 Å². The lowest BCUT2D eigenvalue weighted by molar-refractivity contribution is -0.123. The second kappa shape index (κ2) is 5.66. The van der Waals surface area contributed by atoms with Crippen LogP contribution < -0.4 is 10.5 Å². The van der Waals surface area contributed by atoms with Gasteiger partial charge >= 0.3 is 6.18 Å². The Morgan fingerprint density at radius 1 is 1.35 bits per heavy atom. The maximum absolute atomic E-state index is 13.5. The quantitative estimate of drug-likeness (QED) is 0.781. The number of amides is 1. The largest absolute Gasteiger partial charge is 0.405 e. The van der Waals surface area contributed by atoms with E-state index in [9.17, 15) is 30.8 Å². The number of primary sulfonamides is 1. The minimum Gasteiger partial charge on any atom is -0.343 e. The van der Waals surface area contributed by atoms with Crippen LogP contribution in [0.5, 0.6) is 0 Å². The van der Waals surface area contributed by atoms with Gasteiger partial charge in [-0.25, -0.2) is 17.9 Å². The smallest absolute Gasteiger partial charge is 0.343 e.